The lowest BCUT2D eigenvalue weighted by Gasteiger charge is -2.00. The molecule has 0 N–H and O–H groups in total. The summed E-state index contributed by atoms with van der Waals surface area (Å²) in [6, 6.07) is 0. The lowest BCUT2D eigenvalue weighted by Crippen LogP contribution is -2.01. The van der Waals surface area contributed by atoms with Crippen molar-refractivity contribution in [3.05, 3.63) is 0 Å². The number of hydrogen-bond donors (Lipinski definition) is 0. The van der Waals surface area contributed by atoms with Crippen molar-refractivity contribution in [2.24, 2.45) is 0 Å². The number of hydrogen-bond acceptors (Lipinski definition) is 1. The maximum Gasteiger partial charge on any atom is 0.0685 e. The molecule has 1 nitrogen and oxygen atoms in total. The Morgan fingerprint density at radius 3 is 3.12 bits per heavy atom. The predicted molar refractivity (Wildman–Crippen MR) is 32.4 cm³/mol. The molecule has 0 saturated carbocycles. The Kier molecular flexibility index (Phi) is 1.93. The average molecular weight is 110 g/mol. The van der Waals surface area contributed by atoms with Crippen LogP contribution in [0.15, 0.2) is 0 Å². The van der Waals surface area contributed by atoms with Crippen LogP contribution in [-0.2, 0) is 4.74 Å². The van der Waals surface area contributed by atoms with Crippen molar-refractivity contribution >= 4 is 0 Å². The Labute approximate surface area is 50.0 Å². The van der Waals surface area contributed by atoms with Crippen LogP contribution in [0.3, 0.4) is 0 Å². The first-order valence-electron chi connectivity index (χ1n) is 2.98. The highest BCUT2D eigenvalue weighted by molar-refractivity contribution is 4.88. The predicted octanol–water partition coefficient (Wildman–Crippen LogP) is 1.19. The minimum Gasteiger partial charge on any atom is -0.377 e. The van der Waals surface area contributed by atoms with Gasteiger partial charge in [-0.15, -0.1) is 12.3 Å². The van der Waals surface area contributed by atoms with Crippen molar-refractivity contribution < 1.29 is 4.74 Å². The van der Waals surface area contributed by atoms with Crippen molar-refractivity contribution in [1.82, 2.24) is 0 Å². The van der Waals surface area contributed by atoms with Crippen molar-refractivity contribution in [3.63, 3.8) is 0 Å². The maximum atomic E-state index is 5.25. The van der Waals surface area contributed by atoms with Crippen LogP contribution in [0.25, 0.3) is 0 Å². The van der Waals surface area contributed by atoms with E-state index in [4.69, 9.17) is 11.2 Å². The second-order valence-corrected chi connectivity index (χ2v) is 2.04. The number of rotatable bonds is 1. The molecule has 1 atom stereocenters. The summed E-state index contributed by atoms with van der Waals surface area (Å²) in [7, 11) is 0. The van der Waals surface area contributed by atoms with E-state index >= 15 is 0 Å². The molecule has 0 bridgehead atoms. The number of terminal acetylenes is 1. The van der Waals surface area contributed by atoms with Crippen LogP contribution in [-0.4, -0.2) is 12.7 Å². The van der Waals surface area contributed by atoms with Gasteiger partial charge in [0.15, 0.2) is 0 Å². The van der Waals surface area contributed by atoms with Crippen molar-refractivity contribution in [2.45, 2.75) is 25.4 Å². The van der Waals surface area contributed by atoms with E-state index in [0.29, 0.717) is 6.10 Å². The molecule has 0 spiro atoms. The van der Waals surface area contributed by atoms with Crippen LogP contribution in [0.5, 0.6) is 0 Å². The lowest BCUT2D eigenvalue weighted by atomic mass is 10.2. The fourth-order valence-corrected chi connectivity index (χ4v) is 0.937. The molecule has 0 aromatic rings. The standard InChI is InChI=1S/C7H10O/c1-2-4-7-5-3-6-8-7/h1,7H,3-6H2. The van der Waals surface area contributed by atoms with Gasteiger partial charge in [0.1, 0.15) is 0 Å². The zero-order chi connectivity index (χ0) is 5.82. The molecular weight excluding hydrogens is 100 g/mol. The molecule has 1 saturated heterocycles. The summed E-state index contributed by atoms with van der Waals surface area (Å²) in [5.41, 5.74) is 0. The SMILES string of the molecule is C#CCC1CCCO1. The van der Waals surface area contributed by atoms with E-state index in [1.807, 2.05) is 0 Å². The Morgan fingerprint density at radius 1 is 1.75 bits per heavy atom. The Balaban J connectivity index is 2.17. The highest BCUT2D eigenvalue weighted by atomic mass is 16.5. The lowest BCUT2D eigenvalue weighted by molar-refractivity contribution is 0.115. The summed E-state index contributed by atoms with van der Waals surface area (Å²) in [5, 5.41) is 0. The van der Waals surface area contributed by atoms with Gasteiger partial charge in [0.25, 0.3) is 0 Å². The van der Waals surface area contributed by atoms with Gasteiger partial charge in [-0.2, -0.15) is 0 Å². The third-order valence-electron chi connectivity index (χ3n) is 1.37. The van der Waals surface area contributed by atoms with Gasteiger partial charge in [0.2, 0.25) is 0 Å². The van der Waals surface area contributed by atoms with Gasteiger partial charge in [0, 0.05) is 13.0 Å². The molecule has 1 fully saturated rings. The largest absolute Gasteiger partial charge is 0.377 e. The van der Waals surface area contributed by atoms with E-state index in [-0.39, 0.29) is 0 Å². The van der Waals surface area contributed by atoms with Gasteiger partial charge in [-0.05, 0) is 12.8 Å². The summed E-state index contributed by atoms with van der Waals surface area (Å²) in [5.74, 6) is 2.58. The van der Waals surface area contributed by atoms with E-state index in [0.717, 1.165) is 19.4 Å². The minimum absolute atomic E-state index is 0.375. The van der Waals surface area contributed by atoms with Gasteiger partial charge in [0.05, 0.1) is 6.10 Å². The molecule has 0 radical (unpaired) electrons. The topological polar surface area (TPSA) is 9.23 Å². The van der Waals surface area contributed by atoms with E-state index < -0.39 is 0 Å². The van der Waals surface area contributed by atoms with E-state index in [1.54, 1.807) is 0 Å². The van der Waals surface area contributed by atoms with Crippen LogP contribution in [0.2, 0.25) is 0 Å². The van der Waals surface area contributed by atoms with E-state index in [1.165, 1.54) is 6.42 Å². The first kappa shape index (κ1) is 5.65. The Hall–Kier alpha value is -0.480. The van der Waals surface area contributed by atoms with Gasteiger partial charge in [-0.1, -0.05) is 0 Å². The smallest absolute Gasteiger partial charge is 0.0685 e. The molecule has 0 amide bonds. The summed E-state index contributed by atoms with van der Waals surface area (Å²) in [4.78, 5) is 0. The molecule has 1 heterocycles. The molecule has 0 aromatic carbocycles. The molecule has 44 valence electrons. The van der Waals surface area contributed by atoms with Crippen molar-refractivity contribution in [2.75, 3.05) is 6.61 Å². The molecule has 0 aliphatic carbocycles. The molecular formula is C7H10O. The monoisotopic (exact) mass is 110 g/mol. The second kappa shape index (κ2) is 2.74. The van der Waals surface area contributed by atoms with Crippen LogP contribution in [0.4, 0.5) is 0 Å². The molecule has 1 rings (SSSR count). The fourth-order valence-electron chi connectivity index (χ4n) is 0.937. The molecule has 1 unspecified atom stereocenters. The Morgan fingerprint density at radius 2 is 2.62 bits per heavy atom. The van der Waals surface area contributed by atoms with Gasteiger partial charge >= 0.3 is 0 Å². The highest BCUT2D eigenvalue weighted by Crippen LogP contribution is 2.13. The van der Waals surface area contributed by atoms with E-state index in [9.17, 15) is 0 Å². The summed E-state index contributed by atoms with van der Waals surface area (Å²) >= 11 is 0. The molecule has 1 aliphatic heterocycles. The number of ether oxygens (including phenoxy) is 1. The summed E-state index contributed by atoms with van der Waals surface area (Å²) < 4.78 is 5.25. The van der Waals surface area contributed by atoms with Gasteiger partial charge < -0.3 is 4.74 Å². The van der Waals surface area contributed by atoms with Crippen LogP contribution < -0.4 is 0 Å². The van der Waals surface area contributed by atoms with Crippen molar-refractivity contribution in [1.29, 1.82) is 0 Å². The van der Waals surface area contributed by atoms with Crippen molar-refractivity contribution in [3.8, 4) is 12.3 Å². The third kappa shape index (κ3) is 1.24. The van der Waals surface area contributed by atoms with Crippen LogP contribution in [0.1, 0.15) is 19.3 Å². The maximum absolute atomic E-state index is 5.25. The zero-order valence-electron chi connectivity index (χ0n) is 4.89. The van der Waals surface area contributed by atoms with Gasteiger partial charge in [-0.25, -0.2) is 0 Å². The minimum atomic E-state index is 0.375. The highest BCUT2D eigenvalue weighted by Gasteiger charge is 2.12. The molecule has 1 aliphatic rings. The second-order valence-electron chi connectivity index (χ2n) is 2.04. The van der Waals surface area contributed by atoms with Crippen LogP contribution >= 0.6 is 0 Å². The Bertz CT molecular complexity index is 95.4. The molecule has 8 heavy (non-hydrogen) atoms. The van der Waals surface area contributed by atoms with Crippen LogP contribution in [0, 0.1) is 12.3 Å². The fraction of sp³-hybridized carbons (Fsp3) is 0.714. The normalized spacial score (nSPS) is 27.6. The average Bonchev–Trinajstić information content (AvgIpc) is 2.19. The quantitative estimate of drug-likeness (QED) is 0.461. The molecule has 1 heteroatoms. The summed E-state index contributed by atoms with van der Waals surface area (Å²) in [6.07, 6.45) is 8.59. The van der Waals surface area contributed by atoms with E-state index in [2.05, 4.69) is 5.92 Å². The van der Waals surface area contributed by atoms with Gasteiger partial charge in [-0.3, -0.25) is 0 Å². The third-order valence-corrected chi connectivity index (χ3v) is 1.37. The summed E-state index contributed by atoms with van der Waals surface area (Å²) in [6.45, 7) is 0.909. The first-order chi connectivity index (χ1) is 3.93. The zero-order valence-corrected chi connectivity index (χ0v) is 4.89. The molecule has 0 aromatic heterocycles. The first-order valence-corrected chi connectivity index (χ1v) is 2.98.